The molecule has 144 valence electrons. The molecule has 0 saturated heterocycles. The number of anilines is 1. The van der Waals surface area contributed by atoms with Crippen LogP contribution >= 0.6 is 0 Å². The molecular formula is C20H22N6O2. The van der Waals surface area contributed by atoms with Gasteiger partial charge in [-0.2, -0.15) is 0 Å². The molecular weight excluding hydrogens is 356 g/mol. The number of carbonyl (C=O) groups excluding carboxylic acids is 2. The van der Waals surface area contributed by atoms with Crippen molar-refractivity contribution >= 4 is 17.5 Å². The summed E-state index contributed by atoms with van der Waals surface area (Å²) in [6.07, 6.45) is 0. The van der Waals surface area contributed by atoms with Crippen molar-refractivity contribution in [2.75, 3.05) is 19.4 Å². The average molecular weight is 378 g/mol. The first kappa shape index (κ1) is 19.2. The van der Waals surface area contributed by atoms with E-state index in [1.807, 2.05) is 26.0 Å². The van der Waals surface area contributed by atoms with Crippen molar-refractivity contribution in [2.45, 2.75) is 20.4 Å². The van der Waals surface area contributed by atoms with Crippen LogP contribution in [-0.4, -0.2) is 51.0 Å². The van der Waals surface area contributed by atoms with Crippen molar-refractivity contribution in [3.8, 4) is 0 Å². The van der Waals surface area contributed by atoms with Gasteiger partial charge in [-0.15, -0.1) is 5.10 Å². The lowest BCUT2D eigenvalue weighted by Gasteiger charge is -2.15. The Morgan fingerprint density at radius 2 is 1.79 bits per heavy atom. The molecule has 2 aromatic carbocycles. The Balaban J connectivity index is 1.74. The standard InChI is InChI=1S/C20H22N6O2/c1-13-17(20(28)25(3)4)6-5-7-18(13)21-19(27)16-10-8-15(9-11-16)12-26-14(2)22-23-24-26/h5-11H,12H2,1-4H3,(H,21,27). The Morgan fingerprint density at radius 1 is 1.07 bits per heavy atom. The third-order valence-electron chi connectivity index (χ3n) is 4.48. The van der Waals surface area contributed by atoms with Crippen LogP contribution in [0.1, 0.15) is 37.7 Å². The minimum absolute atomic E-state index is 0.101. The molecule has 28 heavy (non-hydrogen) atoms. The van der Waals surface area contributed by atoms with Crippen LogP contribution < -0.4 is 5.32 Å². The summed E-state index contributed by atoms with van der Waals surface area (Å²) in [6, 6.07) is 12.6. The van der Waals surface area contributed by atoms with Gasteiger partial charge >= 0.3 is 0 Å². The van der Waals surface area contributed by atoms with Gasteiger partial charge in [0.2, 0.25) is 0 Å². The van der Waals surface area contributed by atoms with E-state index >= 15 is 0 Å². The van der Waals surface area contributed by atoms with Crippen LogP contribution in [-0.2, 0) is 6.54 Å². The molecule has 3 rings (SSSR count). The maximum Gasteiger partial charge on any atom is 0.255 e. The van der Waals surface area contributed by atoms with Gasteiger partial charge in [-0.05, 0) is 59.7 Å². The predicted molar refractivity (Wildman–Crippen MR) is 105 cm³/mol. The summed E-state index contributed by atoms with van der Waals surface area (Å²) in [5.41, 5.74) is 3.43. The van der Waals surface area contributed by atoms with E-state index in [4.69, 9.17) is 0 Å². The number of nitrogens with zero attached hydrogens (tertiary/aromatic N) is 5. The molecule has 0 atom stereocenters. The summed E-state index contributed by atoms with van der Waals surface area (Å²) in [7, 11) is 3.40. The molecule has 1 N–H and O–H groups in total. The van der Waals surface area contributed by atoms with E-state index in [0.717, 1.165) is 17.0 Å². The number of nitrogens with one attached hydrogen (secondary N) is 1. The number of benzene rings is 2. The third-order valence-corrected chi connectivity index (χ3v) is 4.48. The summed E-state index contributed by atoms with van der Waals surface area (Å²) in [5, 5.41) is 14.3. The molecule has 0 radical (unpaired) electrons. The molecule has 8 nitrogen and oxygen atoms in total. The Hall–Kier alpha value is -3.55. The molecule has 3 aromatic rings. The number of hydrogen-bond donors (Lipinski definition) is 1. The lowest BCUT2D eigenvalue weighted by molar-refractivity contribution is 0.0826. The topological polar surface area (TPSA) is 93.0 Å². The van der Waals surface area contributed by atoms with Crippen LogP contribution in [0.15, 0.2) is 42.5 Å². The van der Waals surface area contributed by atoms with Crippen molar-refractivity contribution in [2.24, 2.45) is 0 Å². The van der Waals surface area contributed by atoms with Gasteiger partial charge in [-0.1, -0.05) is 18.2 Å². The highest BCUT2D eigenvalue weighted by atomic mass is 16.2. The van der Waals surface area contributed by atoms with Crippen LogP contribution in [0.5, 0.6) is 0 Å². The van der Waals surface area contributed by atoms with Crippen LogP contribution in [0.2, 0.25) is 0 Å². The van der Waals surface area contributed by atoms with Crippen molar-refractivity contribution in [3.63, 3.8) is 0 Å². The van der Waals surface area contributed by atoms with Gasteiger partial charge in [0.05, 0.1) is 6.54 Å². The predicted octanol–water partition coefficient (Wildman–Crippen LogP) is 2.29. The molecule has 0 bridgehead atoms. The number of carbonyl (C=O) groups is 2. The second kappa shape index (κ2) is 7.99. The summed E-state index contributed by atoms with van der Waals surface area (Å²) in [6.45, 7) is 4.19. The van der Waals surface area contributed by atoms with Crippen LogP contribution in [0.4, 0.5) is 5.69 Å². The zero-order valence-electron chi connectivity index (χ0n) is 16.3. The summed E-state index contributed by atoms with van der Waals surface area (Å²) in [4.78, 5) is 26.4. The highest BCUT2D eigenvalue weighted by molar-refractivity contribution is 6.06. The molecule has 0 aliphatic rings. The number of hydrogen-bond acceptors (Lipinski definition) is 5. The molecule has 0 spiro atoms. The fraction of sp³-hybridized carbons (Fsp3) is 0.250. The van der Waals surface area contributed by atoms with E-state index in [9.17, 15) is 9.59 Å². The first-order valence-corrected chi connectivity index (χ1v) is 8.81. The minimum atomic E-state index is -0.234. The monoisotopic (exact) mass is 378 g/mol. The van der Waals surface area contributed by atoms with Crippen molar-refractivity contribution in [3.05, 3.63) is 70.5 Å². The highest BCUT2D eigenvalue weighted by Crippen LogP contribution is 2.21. The average Bonchev–Trinajstić information content (AvgIpc) is 3.08. The van der Waals surface area contributed by atoms with Gasteiger partial charge < -0.3 is 10.2 Å². The molecule has 0 aliphatic carbocycles. The Bertz CT molecular complexity index is 1010. The lowest BCUT2D eigenvalue weighted by Crippen LogP contribution is -2.23. The van der Waals surface area contributed by atoms with E-state index in [-0.39, 0.29) is 11.8 Å². The van der Waals surface area contributed by atoms with Crippen LogP contribution in [0.3, 0.4) is 0 Å². The molecule has 1 heterocycles. The largest absolute Gasteiger partial charge is 0.345 e. The molecule has 2 amide bonds. The highest BCUT2D eigenvalue weighted by Gasteiger charge is 2.15. The van der Waals surface area contributed by atoms with Crippen LogP contribution in [0, 0.1) is 13.8 Å². The number of amides is 2. The normalized spacial score (nSPS) is 10.6. The quantitative estimate of drug-likeness (QED) is 0.735. The van der Waals surface area contributed by atoms with Crippen molar-refractivity contribution < 1.29 is 9.59 Å². The van der Waals surface area contributed by atoms with E-state index in [1.54, 1.807) is 49.1 Å². The van der Waals surface area contributed by atoms with E-state index < -0.39 is 0 Å². The Labute approximate surface area is 163 Å². The molecule has 0 unspecified atom stereocenters. The molecule has 0 aliphatic heterocycles. The Morgan fingerprint density at radius 3 is 2.39 bits per heavy atom. The SMILES string of the molecule is Cc1c(NC(=O)c2ccc(Cn3nnnc3C)cc2)cccc1C(=O)N(C)C. The van der Waals surface area contributed by atoms with Crippen molar-refractivity contribution in [1.29, 1.82) is 0 Å². The van der Waals surface area contributed by atoms with Gasteiger partial charge in [0, 0.05) is 30.9 Å². The zero-order chi connectivity index (χ0) is 20.3. The van der Waals surface area contributed by atoms with Gasteiger partial charge in [-0.25, -0.2) is 4.68 Å². The maximum atomic E-state index is 12.6. The van der Waals surface area contributed by atoms with Gasteiger partial charge in [0.1, 0.15) is 5.82 Å². The fourth-order valence-electron chi connectivity index (χ4n) is 2.77. The molecule has 0 saturated carbocycles. The Kier molecular flexibility index (Phi) is 5.49. The first-order chi connectivity index (χ1) is 13.4. The van der Waals surface area contributed by atoms with Crippen LogP contribution in [0.25, 0.3) is 0 Å². The first-order valence-electron chi connectivity index (χ1n) is 8.81. The minimum Gasteiger partial charge on any atom is -0.345 e. The number of rotatable bonds is 5. The second-order valence-corrected chi connectivity index (χ2v) is 6.71. The zero-order valence-corrected chi connectivity index (χ0v) is 16.3. The number of tetrazole rings is 1. The van der Waals surface area contributed by atoms with E-state index in [0.29, 0.717) is 23.4 Å². The maximum absolute atomic E-state index is 12.6. The number of aryl methyl sites for hydroxylation is 1. The van der Waals surface area contributed by atoms with Gasteiger partial charge in [0.25, 0.3) is 11.8 Å². The summed E-state index contributed by atoms with van der Waals surface area (Å²) < 4.78 is 1.69. The van der Waals surface area contributed by atoms with Crippen molar-refractivity contribution in [1.82, 2.24) is 25.1 Å². The van der Waals surface area contributed by atoms with Gasteiger partial charge in [0.15, 0.2) is 0 Å². The smallest absolute Gasteiger partial charge is 0.255 e. The molecule has 1 aromatic heterocycles. The molecule has 0 fully saturated rings. The van der Waals surface area contributed by atoms with E-state index in [2.05, 4.69) is 20.8 Å². The van der Waals surface area contributed by atoms with E-state index in [1.165, 1.54) is 4.90 Å². The molecule has 8 heteroatoms. The number of aromatic nitrogens is 4. The third kappa shape index (κ3) is 4.06. The lowest BCUT2D eigenvalue weighted by atomic mass is 10.0. The van der Waals surface area contributed by atoms with Gasteiger partial charge in [-0.3, -0.25) is 9.59 Å². The summed E-state index contributed by atoms with van der Waals surface area (Å²) in [5.74, 6) is 0.392. The fourth-order valence-corrected chi connectivity index (χ4v) is 2.77. The summed E-state index contributed by atoms with van der Waals surface area (Å²) >= 11 is 0. The second-order valence-electron chi connectivity index (χ2n) is 6.71.